The Morgan fingerprint density at radius 3 is 2.88 bits per heavy atom. The Labute approximate surface area is 139 Å². The van der Waals surface area contributed by atoms with Crippen molar-refractivity contribution >= 4 is 16.9 Å². The van der Waals surface area contributed by atoms with Gasteiger partial charge in [-0.1, -0.05) is 12.1 Å². The molecule has 0 spiro atoms. The van der Waals surface area contributed by atoms with E-state index >= 15 is 0 Å². The molecule has 126 valence electrons. The van der Waals surface area contributed by atoms with Gasteiger partial charge in [0.1, 0.15) is 23.6 Å². The number of nitrogens with one attached hydrogen (secondary N) is 1. The van der Waals surface area contributed by atoms with Crippen LogP contribution in [0.1, 0.15) is 20.3 Å². The summed E-state index contributed by atoms with van der Waals surface area (Å²) in [4.78, 5) is 8.50. The maximum Gasteiger partial charge on any atom is 0.168 e. The smallest absolute Gasteiger partial charge is 0.168 e. The lowest BCUT2D eigenvalue weighted by Gasteiger charge is -2.09. The molecule has 0 saturated carbocycles. The Morgan fingerprint density at radius 1 is 1.25 bits per heavy atom. The Kier molecular flexibility index (Phi) is 5.00. The van der Waals surface area contributed by atoms with Crippen LogP contribution in [0, 0.1) is 5.82 Å². The van der Waals surface area contributed by atoms with Crippen molar-refractivity contribution in [2.75, 3.05) is 18.5 Å². The average Bonchev–Trinajstić information content (AvgIpc) is 2.99. The summed E-state index contributed by atoms with van der Waals surface area (Å²) in [7, 11) is 0. The van der Waals surface area contributed by atoms with E-state index in [0.717, 1.165) is 18.4 Å². The van der Waals surface area contributed by atoms with Crippen LogP contribution in [-0.4, -0.2) is 39.0 Å². The van der Waals surface area contributed by atoms with E-state index < -0.39 is 0 Å². The molecule has 0 aliphatic carbocycles. The molecule has 3 aromatic rings. The van der Waals surface area contributed by atoms with E-state index in [4.69, 9.17) is 4.74 Å². The Hall–Kier alpha value is -2.54. The van der Waals surface area contributed by atoms with Gasteiger partial charge in [-0.2, -0.15) is 5.10 Å². The van der Waals surface area contributed by atoms with Gasteiger partial charge in [-0.25, -0.2) is 19.0 Å². The fourth-order valence-electron chi connectivity index (χ4n) is 2.38. The molecule has 0 unspecified atom stereocenters. The van der Waals surface area contributed by atoms with Crippen molar-refractivity contribution in [2.24, 2.45) is 0 Å². The topological polar surface area (TPSA) is 64.9 Å². The summed E-state index contributed by atoms with van der Waals surface area (Å²) < 4.78 is 21.0. The van der Waals surface area contributed by atoms with Crippen LogP contribution in [0.5, 0.6) is 0 Å². The van der Waals surface area contributed by atoms with Gasteiger partial charge in [0.05, 0.1) is 17.7 Å². The number of para-hydroxylation sites is 1. The molecule has 2 heterocycles. The first kappa shape index (κ1) is 16.3. The minimum absolute atomic E-state index is 0.231. The first-order chi connectivity index (χ1) is 11.7. The van der Waals surface area contributed by atoms with E-state index in [0.29, 0.717) is 23.8 Å². The van der Waals surface area contributed by atoms with Gasteiger partial charge in [0.25, 0.3) is 0 Å². The predicted octanol–water partition coefficient (Wildman–Crippen LogP) is 3.18. The van der Waals surface area contributed by atoms with Gasteiger partial charge >= 0.3 is 0 Å². The number of aromatic nitrogens is 4. The minimum atomic E-state index is -0.346. The predicted molar refractivity (Wildman–Crippen MR) is 90.8 cm³/mol. The van der Waals surface area contributed by atoms with Crippen LogP contribution in [0.2, 0.25) is 0 Å². The highest BCUT2D eigenvalue weighted by molar-refractivity contribution is 5.87. The molecule has 24 heavy (non-hydrogen) atoms. The maximum absolute atomic E-state index is 14.0. The molecule has 0 aliphatic heterocycles. The van der Waals surface area contributed by atoms with Crippen LogP contribution in [0.25, 0.3) is 16.7 Å². The zero-order valence-electron chi connectivity index (χ0n) is 13.7. The van der Waals surface area contributed by atoms with E-state index in [1.165, 1.54) is 17.1 Å². The van der Waals surface area contributed by atoms with E-state index in [2.05, 4.69) is 20.4 Å². The highest BCUT2D eigenvalue weighted by Crippen LogP contribution is 2.22. The van der Waals surface area contributed by atoms with Gasteiger partial charge in [0.15, 0.2) is 5.65 Å². The second kappa shape index (κ2) is 7.35. The fourth-order valence-corrected chi connectivity index (χ4v) is 2.38. The number of anilines is 1. The fraction of sp³-hybridized carbons (Fsp3) is 0.353. The molecular weight excluding hydrogens is 309 g/mol. The van der Waals surface area contributed by atoms with Gasteiger partial charge in [-0.05, 0) is 32.4 Å². The number of benzene rings is 1. The third-order valence-electron chi connectivity index (χ3n) is 3.51. The van der Waals surface area contributed by atoms with Gasteiger partial charge in [-0.15, -0.1) is 0 Å². The zero-order chi connectivity index (χ0) is 16.9. The molecule has 0 amide bonds. The quantitative estimate of drug-likeness (QED) is 0.675. The number of ether oxygens (including phenoxy) is 1. The molecule has 0 radical (unpaired) electrons. The third-order valence-corrected chi connectivity index (χ3v) is 3.51. The minimum Gasteiger partial charge on any atom is -0.379 e. The van der Waals surface area contributed by atoms with Gasteiger partial charge in [-0.3, -0.25) is 0 Å². The second-order valence-electron chi connectivity index (χ2n) is 5.67. The highest BCUT2D eigenvalue weighted by Gasteiger charge is 2.13. The molecule has 3 rings (SSSR count). The lowest BCUT2D eigenvalue weighted by Crippen LogP contribution is -2.10. The van der Waals surface area contributed by atoms with Crippen molar-refractivity contribution in [1.82, 2.24) is 19.7 Å². The molecule has 0 aliphatic rings. The lowest BCUT2D eigenvalue weighted by atomic mass is 10.3. The first-order valence-electron chi connectivity index (χ1n) is 7.96. The molecule has 0 fully saturated rings. The van der Waals surface area contributed by atoms with Gasteiger partial charge in [0.2, 0.25) is 0 Å². The van der Waals surface area contributed by atoms with Crippen LogP contribution in [0.15, 0.2) is 36.8 Å². The Balaban J connectivity index is 1.78. The SMILES string of the molecule is CC(C)OCCCNc1ncnc2c1cnn2-c1ccccc1F. The first-order valence-corrected chi connectivity index (χ1v) is 7.96. The van der Waals surface area contributed by atoms with Crippen molar-refractivity contribution < 1.29 is 9.13 Å². The van der Waals surface area contributed by atoms with Crippen LogP contribution in [0.4, 0.5) is 10.2 Å². The molecule has 2 aromatic heterocycles. The number of hydrogen-bond acceptors (Lipinski definition) is 5. The molecule has 0 saturated heterocycles. The van der Waals surface area contributed by atoms with Crippen molar-refractivity contribution in [3.8, 4) is 5.69 Å². The number of nitrogens with zero attached hydrogens (tertiary/aromatic N) is 4. The molecule has 7 heteroatoms. The van der Waals surface area contributed by atoms with Crippen LogP contribution >= 0.6 is 0 Å². The summed E-state index contributed by atoms with van der Waals surface area (Å²) >= 11 is 0. The van der Waals surface area contributed by atoms with Crippen molar-refractivity contribution in [3.63, 3.8) is 0 Å². The Morgan fingerprint density at radius 2 is 2.08 bits per heavy atom. The lowest BCUT2D eigenvalue weighted by molar-refractivity contribution is 0.0787. The standard InChI is InChI=1S/C17H20FN5O/c1-12(2)24-9-5-8-19-16-13-10-22-23(17(13)21-11-20-16)15-7-4-3-6-14(15)18/h3-4,6-7,10-12H,5,8-9H2,1-2H3,(H,19,20,21). The molecule has 0 atom stereocenters. The van der Waals surface area contributed by atoms with Crippen molar-refractivity contribution in [1.29, 1.82) is 0 Å². The number of rotatable bonds is 7. The Bertz CT molecular complexity index is 818. The van der Waals surface area contributed by atoms with E-state index in [1.54, 1.807) is 24.4 Å². The third kappa shape index (κ3) is 3.51. The number of fused-ring (bicyclic) bond motifs is 1. The molecular formula is C17H20FN5O. The monoisotopic (exact) mass is 329 g/mol. The number of halogens is 1. The van der Waals surface area contributed by atoms with E-state index in [1.807, 2.05) is 13.8 Å². The molecule has 0 bridgehead atoms. The summed E-state index contributed by atoms with van der Waals surface area (Å²) in [6.45, 7) is 5.44. The zero-order valence-corrected chi connectivity index (χ0v) is 13.7. The summed E-state index contributed by atoms with van der Waals surface area (Å²) in [5, 5.41) is 8.28. The summed E-state index contributed by atoms with van der Waals surface area (Å²) in [6.07, 6.45) is 4.20. The van der Waals surface area contributed by atoms with Gasteiger partial charge in [0, 0.05) is 13.2 Å². The molecule has 1 aromatic carbocycles. The summed E-state index contributed by atoms with van der Waals surface area (Å²) in [5.41, 5.74) is 0.929. The molecule has 6 nitrogen and oxygen atoms in total. The van der Waals surface area contributed by atoms with Gasteiger partial charge < -0.3 is 10.1 Å². The highest BCUT2D eigenvalue weighted by atomic mass is 19.1. The van der Waals surface area contributed by atoms with Crippen LogP contribution in [-0.2, 0) is 4.74 Å². The van der Waals surface area contributed by atoms with Crippen LogP contribution in [0.3, 0.4) is 0 Å². The largest absolute Gasteiger partial charge is 0.379 e. The maximum atomic E-state index is 14.0. The summed E-state index contributed by atoms with van der Waals surface area (Å²) in [6, 6.07) is 6.48. The normalized spacial score (nSPS) is 11.3. The average molecular weight is 329 g/mol. The van der Waals surface area contributed by atoms with Crippen molar-refractivity contribution in [3.05, 3.63) is 42.6 Å². The second-order valence-corrected chi connectivity index (χ2v) is 5.67. The van der Waals surface area contributed by atoms with E-state index in [9.17, 15) is 4.39 Å². The van der Waals surface area contributed by atoms with E-state index in [-0.39, 0.29) is 11.9 Å². The molecule has 1 N–H and O–H groups in total. The number of hydrogen-bond donors (Lipinski definition) is 1. The van der Waals surface area contributed by atoms with Crippen molar-refractivity contribution in [2.45, 2.75) is 26.4 Å². The van der Waals surface area contributed by atoms with Crippen LogP contribution < -0.4 is 5.32 Å². The summed E-state index contributed by atoms with van der Waals surface area (Å²) in [5.74, 6) is 0.341.